The van der Waals surface area contributed by atoms with Crippen molar-refractivity contribution in [3.05, 3.63) is 24.5 Å². The van der Waals surface area contributed by atoms with Gasteiger partial charge in [0, 0.05) is 25.5 Å². The lowest BCUT2D eigenvalue weighted by Crippen LogP contribution is -2.28. The molecular formula is C11H18N2. The summed E-state index contributed by atoms with van der Waals surface area (Å²) in [5.74, 6) is 0. The first kappa shape index (κ1) is 8.82. The Morgan fingerprint density at radius 1 is 1.15 bits per heavy atom. The summed E-state index contributed by atoms with van der Waals surface area (Å²) in [4.78, 5) is 2.58. The predicted molar refractivity (Wildman–Crippen MR) is 54.6 cm³/mol. The second kappa shape index (κ2) is 3.97. The molecule has 0 bridgehead atoms. The Bertz CT molecular complexity index is 235. The lowest BCUT2D eigenvalue weighted by molar-refractivity contribution is 0.170. The summed E-state index contributed by atoms with van der Waals surface area (Å²) in [6.07, 6.45) is 8.89. The van der Waals surface area contributed by atoms with E-state index in [1.165, 1.54) is 32.4 Å². The average Bonchev–Trinajstić information content (AvgIpc) is 2.76. The van der Waals surface area contributed by atoms with Crippen molar-refractivity contribution < 1.29 is 0 Å². The molecule has 1 aromatic heterocycles. The van der Waals surface area contributed by atoms with E-state index in [4.69, 9.17) is 0 Å². The van der Waals surface area contributed by atoms with Crippen molar-refractivity contribution in [1.82, 2.24) is 9.47 Å². The standard InChI is InChI=1S/C11H18N2/c1-2-11(12-7-3-4-8-12)13-9-5-6-10-13/h3-4,7-8,11H,2,5-6,9-10H2,1H3. The molecule has 2 heteroatoms. The van der Waals surface area contributed by atoms with Crippen LogP contribution in [0.15, 0.2) is 24.5 Å². The maximum Gasteiger partial charge on any atom is 0.0855 e. The summed E-state index contributed by atoms with van der Waals surface area (Å²) in [5, 5.41) is 0. The lowest BCUT2D eigenvalue weighted by atomic mass is 10.3. The van der Waals surface area contributed by atoms with Crippen molar-refractivity contribution in [3.8, 4) is 0 Å². The van der Waals surface area contributed by atoms with Crippen LogP contribution in [-0.2, 0) is 0 Å². The van der Waals surface area contributed by atoms with Gasteiger partial charge in [-0.15, -0.1) is 0 Å². The monoisotopic (exact) mass is 178 g/mol. The zero-order valence-corrected chi connectivity index (χ0v) is 8.32. The first-order valence-electron chi connectivity index (χ1n) is 5.28. The smallest absolute Gasteiger partial charge is 0.0855 e. The Hall–Kier alpha value is -0.760. The molecule has 1 atom stereocenters. The molecule has 72 valence electrons. The first-order chi connectivity index (χ1) is 6.42. The molecule has 2 heterocycles. The van der Waals surface area contributed by atoms with Gasteiger partial charge in [0.2, 0.25) is 0 Å². The number of likely N-dealkylation sites (tertiary alicyclic amines) is 1. The Kier molecular flexibility index (Phi) is 2.69. The number of nitrogens with zero attached hydrogens (tertiary/aromatic N) is 2. The third-order valence-corrected chi connectivity index (χ3v) is 2.90. The zero-order chi connectivity index (χ0) is 9.10. The van der Waals surface area contributed by atoms with Crippen LogP contribution in [0.4, 0.5) is 0 Å². The highest BCUT2D eigenvalue weighted by molar-refractivity contribution is 4.93. The maximum atomic E-state index is 2.58. The Balaban J connectivity index is 2.08. The number of aromatic nitrogens is 1. The molecule has 1 unspecified atom stereocenters. The van der Waals surface area contributed by atoms with Crippen LogP contribution in [0.1, 0.15) is 32.4 Å². The predicted octanol–water partition coefficient (Wildman–Crippen LogP) is 2.49. The van der Waals surface area contributed by atoms with E-state index in [9.17, 15) is 0 Å². The van der Waals surface area contributed by atoms with Crippen molar-refractivity contribution in [2.75, 3.05) is 13.1 Å². The molecule has 0 aromatic carbocycles. The van der Waals surface area contributed by atoms with Crippen LogP contribution in [-0.4, -0.2) is 22.6 Å². The fraction of sp³-hybridized carbons (Fsp3) is 0.636. The molecule has 1 aromatic rings. The van der Waals surface area contributed by atoms with E-state index in [1.54, 1.807) is 0 Å². The molecule has 1 saturated heterocycles. The molecule has 2 nitrogen and oxygen atoms in total. The van der Waals surface area contributed by atoms with Crippen molar-refractivity contribution in [1.29, 1.82) is 0 Å². The van der Waals surface area contributed by atoms with E-state index in [-0.39, 0.29) is 0 Å². The van der Waals surface area contributed by atoms with E-state index in [1.807, 2.05) is 0 Å². The molecule has 1 aliphatic heterocycles. The van der Waals surface area contributed by atoms with Crippen LogP contribution >= 0.6 is 0 Å². The Morgan fingerprint density at radius 3 is 2.31 bits per heavy atom. The van der Waals surface area contributed by atoms with Gasteiger partial charge in [-0.2, -0.15) is 0 Å². The van der Waals surface area contributed by atoms with Crippen LogP contribution in [0.5, 0.6) is 0 Å². The summed E-state index contributed by atoms with van der Waals surface area (Å²) < 4.78 is 2.32. The lowest BCUT2D eigenvalue weighted by Gasteiger charge is -2.27. The molecule has 0 aliphatic carbocycles. The van der Waals surface area contributed by atoms with Gasteiger partial charge in [-0.3, -0.25) is 4.90 Å². The third kappa shape index (κ3) is 1.78. The fourth-order valence-corrected chi connectivity index (χ4v) is 2.24. The Labute approximate surface area is 80.2 Å². The van der Waals surface area contributed by atoms with Crippen LogP contribution in [0, 0.1) is 0 Å². The van der Waals surface area contributed by atoms with Gasteiger partial charge in [0.05, 0.1) is 6.17 Å². The van der Waals surface area contributed by atoms with Crippen LogP contribution < -0.4 is 0 Å². The van der Waals surface area contributed by atoms with E-state index < -0.39 is 0 Å². The summed E-state index contributed by atoms with van der Waals surface area (Å²) in [6, 6.07) is 4.22. The van der Waals surface area contributed by atoms with Gasteiger partial charge in [-0.25, -0.2) is 0 Å². The normalized spacial score (nSPS) is 20.7. The summed E-state index contributed by atoms with van der Waals surface area (Å²) in [6.45, 7) is 4.82. The van der Waals surface area contributed by atoms with E-state index in [0.29, 0.717) is 6.17 Å². The summed E-state index contributed by atoms with van der Waals surface area (Å²) in [7, 11) is 0. The highest BCUT2D eigenvalue weighted by Crippen LogP contribution is 2.22. The van der Waals surface area contributed by atoms with Crippen molar-refractivity contribution in [2.45, 2.75) is 32.4 Å². The van der Waals surface area contributed by atoms with Crippen LogP contribution in [0.25, 0.3) is 0 Å². The maximum absolute atomic E-state index is 2.58. The number of hydrogen-bond acceptors (Lipinski definition) is 1. The quantitative estimate of drug-likeness (QED) is 0.690. The molecule has 0 saturated carbocycles. The minimum absolute atomic E-state index is 0.595. The van der Waals surface area contributed by atoms with Gasteiger partial charge in [-0.1, -0.05) is 6.92 Å². The SMILES string of the molecule is CCC(N1CCCC1)n1cccc1. The second-order valence-electron chi connectivity index (χ2n) is 3.76. The molecule has 0 radical (unpaired) electrons. The van der Waals surface area contributed by atoms with E-state index >= 15 is 0 Å². The van der Waals surface area contributed by atoms with E-state index in [0.717, 1.165) is 0 Å². The van der Waals surface area contributed by atoms with E-state index in [2.05, 4.69) is 40.9 Å². The number of hydrogen-bond donors (Lipinski definition) is 0. The molecule has 0 spiro atoms. The third-order valence-electron chi connectivity index (χ3n) is 2.90. The minimum Gasteiger partial charge on any atom is -0.338 e. The summed E-state index contributed by atoms with van der Waals surface area (Å²) >= 11 is 0. The molecule has 2 rings (SSSR count). The van der Waals surface area contributed by atoms with Crippen molar-refractivity contribution >= 4 is 0 Å². The van der Waals surface area contributed by atoms with Crippen LogP contribution in [0.3, 0.4) is 0 Å². The van der Waals surface area contributed by atoms with Gasteiger partial charge in [0.1, 0.15) is 0 Å². The highest BCUT2D eigenvalue weighted by Gasteiger charge is 2.20. The Morgan fingerprint density at radius 2 is 1.77 bits per heavy atom. The molecule has 0 amide bonds. The van der Waals surface area contributed by atoms with Crippen molar-refractivity contribution in [2.24, 2.45) is 0 Å². The highest BCUT2D eigenvalue weighted by atomic mass is 15.3. The number of rotatable bonds is 3. The molecule has 13 heavy (non-hydrogen) atoms. The molecule has 1 aliphatic rings. The second-order valence-corrected chi connectivity index (χ2v) is 3.76. The molecule has 1 fully saturated rings. The van der Waals surface area contributed by atoms with Crippen LogP contribution in [0.2, 0.25) is 0 Å². The van der Waals surface area contributed by atoms with Gasteiger partial charge in [0.15, 0.2) is 0 Å². The summed E-state index contributed by atoms with van der Waals surface area (Å²) in [5.41, 5.74) is 0. The topological polar surface area (TPSA) is 8.17 Å². The van der Waals surface area contributed by atoms with Gasteiger partial charge < -0.3 is 4.57 Å². The molecular weight excluding hydrogens is 160 g/mol. The largest absolute Gasteiger partial charge is 0.338 e. The van der Waals surface area contributed by atoms with Gasteiger partial charge in [-0.05, 0) is 31.4 Å². The average molecular weight is 178 g/mol. The minimum atomic E-state index is 0.595. The van der Waals surface area contributed by atoms with Gasteiger partial charge in [0.25, 0.3) is 0 Å². The van der Waals surface area contributed by atoms with Gasteiger partial charge >= 0.3 is 0 Å². The van der Waals surface area contributed by atoms with Crippen molar-refractivity contribution in [3.63, 3.8) is 0 Å². The zero-order valence-electron chi connectivity index (χ0n) is 8.32. The fourth-order valence-electron chi connectivity index (χ4n) is 2.24. The molecule has 0 N–H and O–H groups in total. The first-order valence-corrected chi connectivity index (χ1v) is 5.28.